The highest BCUT2D eigenvalue weighted by molar-refractivity contribution is 5.78. The highest BCUT2D eigenvalue weighted by Gasteiger charge is 2.24. The molecule has 0 aromatic rings. The SMILES string of the molecule is CCCNC1CCC(NC(=O)C(C)C(C)C)CC1. The summed E-state index contributed by atoms with van der Waals surface area (Å²) in [5, 5.41) is 6.78. The van der Waals surface area contributed by atoms with E-state index in [9.17, 15) is 4.79 Å². The van der Waals surface area contributed by atoms with Gasteiger partial charge in [0.2, 0.25) is 5.91 Å². The zero-order valence-corrected chi connectivity index (χ0v) is 12.5. The lowest BCUT2D eigenvalue weighted by atomic mass is 9.90. The third-order valence-electron chi connectivity index (χ3n) is 4.17. The highest BCUT2D eigenvalue weighted by atomic mass is 16.1. The molecule has 1 aliphatic rings. The van der Waals surface area contributed by atoms with Gasteiger partial charge in [0, 0.05) is 18.0 Å². The van der Waals surface area contributed by atoms with Crippen molar-refractivity contribution in [3.05, 3.63) is 0 Å². The minimum Gasteiger partial charge on any atom is -0.353 e. The van der Waals surface area contributed by atoms with E-state index in [1.165, 1.54) is 19.3 Å². The van der Waals surface area contributed by atoms with Gasteiger partial charge in [0.1, 0.15) is 0 Å². The molecule has 0 aliphatic heterocycles. The minimum absolute atomic E-state index is 0.126. The Morgan fingerprint density at radius 2 is 1.67 bits per heavy atom. The smallest absolute Gasteiger partial charge is 0.223 e. The number of amides is 1. The molecule has 18 heavy (non-hydrogen) atoms. The molecule has 0 spiro atoms. The van der Waals surface area contributed by atoms with Crippen LogP contribution in [-0.2, 0) is 4.79 Å². The van der Waals surface area contributed by atoms with Crippen LogP contribution in [0.5, 0.6) is 0 Å². The molecule has 0 saturated heterocycles. The van der Waals surface area contributed by atoms with Crippen LogP contribution >= 0.6 is 0 Å². The van der Waals surface area contributed by atoms with Crippen LogP contribution in [0.4, 0.5) is 0 Å². The van der Waals surface area contributed by atoms with E-state index in [2.05, 4.69) is 31.4 Å². The predicted molar refractivity (Wildman–Crippen MR) is 76.5 cm³/mol. The van der Waals surface area contributed by atoms with Gasteiger partial charge in [-0.3, -0.25) is 4.79 Å². The number of nitrogens with one attached hydrogen (secondary N) is 2. The van der Waals surface area contributed by atoms with Crippen LogP contribution in [0.25, 0.3) is 0 Å². The molecule has 1 aliphatic carbocycles. The Kier molecular flexibility index (Phi) is 6.69. The quantitative estimate of drug-likeness (QED) is 0.765. The average Bonchev–Trinajstić information content (AvgIpc) is 2.36. The number of hydrogen-bond donors (Lipinski definition) is 2. The fourth-order valence-electron chi connectivity index (χ4n) is 2.43. The van der Waals surface area contributed by atoms with Gasteiger partial charge in [-0.1, -0.05) is 27.7 Å². The van der Waals surface area contributed by atoms with E-state index in [0.29, 0.717) is 18.0 Å². The Morgan fingerprint density at radius 1 is 1.11 bits per heavy atom. The first-order valence-electron chi connectivity index (χ1n) is 7.58. The van der Waals surface area contributed by atoms with Gasteiger partial charge < -0.3 is 10.6 Å². The van der Waals surface area contributed by atoms with Crippen LogP contribution in [-0.4, -0.2) is 24.5 Å². The summed E-state index contributed by atoms with van der Waals surface area (Å²) in [6.07, 6.45) is 5.83. The maximum Gasteiger partial charge on any atom is 0.223 e. The fourth-order valence-corrected chi connectivity index (χ4v) is 2.43. The second kappa shape index (κ2) is 7.78. The van der Waals surface area contributed by atoms with E-state index in [4.69, 9.17) is 0 Å². The topological polar surface area (TPSA) is 41.1 Å². The van der Waals surface area contributed by atoms with E-state index >= 15 is 0 Å². The first kappa shape index (κ1) is 15.5. The van der Waals surface area contributed by atoms with Crippen molar-refractivity contribution in [1.29, 1.82) is 0 Å². The molecule has 0 aromatic carbocycles. The van der Waals surface area contributed by atoms with Crippen LogP contribution in [0.3, 0.4) is 0 Å². The molecule has 2 N–H and O–H groups in total. The third-order valence-corrected chi connectivity index (χ3v) is 4.17. The van der Waals surface area contributed by atoms with Crippen LogP contribution in [0.15, 0.2) is 0 Å². The lowest BCUT2D eigenvalue weighted by Crippen LogP contribution is -2.44. The van der Waals surface area contributed by atoms with Gasteiger partial charge in [-0.2, -0.15) is 0 Å². The van der Waals surface area contributed by atoms with Crippen molar-refractivity contribution in [2.24, 2.45) is 11.8 Å². The molecule has 0 heterocycles. The highest BCUT2D eigenvalue weighted by Crippen LogP contribution is 2.19. The number of carbonyl (C=O) groups excluding carboxylic acids is 1. The van der Waals surface area contributed by atoms with Gasteiger partial charge in [-0.05, 0) is 44.6 Å². The second-order valence-corrected chi connectivity index (χ2v) is 6.04. The fraction of sp³-hybridized carbons (Fsp3) is 0.933. The van der Waals surface area contributed by atoms with Crippen LogP contribution in [0.2, 0.25) is 0 Å². The summed E-state index contributed by atoms with van der Waals surface area (Å²) in [4.78, 5) is 12.0. The Bertz CT molecular complexity index is 245. The molecule has 1 rings (SSSR count). The van der Waals surface area contributed by atoms with Crippen LogP contribution in [0, 0.1) is 11.8 Å². The summed E-state index contributed by atoms with van der Waals surface area (Å²) in [6.45, 7) is 9.55. The maximum atomic E-state index is 12.0. The predicted octanol–water partition coefficient (Wildman–Crippen LogP) is 2.71. The minimum atomic E-state index is 0.126. The van der Waals surface area contributed by atoms with E-state index in [0.717, 1.165) is 19.4 Å². The molecule has 1 amide bonds. The van der Waals surface area contributed by atoms with Crippen LogP contribution < -0.4 is 10.6 Å². The largest absolute Gasteiger partial charge is 0.353 e. The Hall–Kier alpha value is -0.570. The molecule has 1 saturated carbocycles. The first-order chi connectivity index (χ1) is 8.54. The molecule has 0 aromatic heterocycles. The molecule has 3 nitrogen and oxygen atoms in total. The van der Waals surface area contributed by atoms with E-state index in [1.807, 2.05) is 6.92 Å². The number of hydrogen-bond acceptors (Lipinski definition) is 2. The zero-order chi connectivity index (χ0) is 13.5. The van der Waals surface area contributed by atoms with Crippen molar-refractivity contribution < 1.29 is 4.79 Å². The molecule has 0 bridgehead atoms. The van der Waals surface area contributed by atoms with Gasteiger partial charge in [-0.25, -0.2) is 0 Å². The van der Waals surface area contributed by atoms with E-state index in [1.54, 1.807) is 0 Å². The van der Waals surface area contributed by atoms with Crippen molar-refractivity contribution in [3.8, 4) is 0 Å². The normalized spacial score (nSPS) is 26.1. The van der Waals surface area contributed by atoms with Gasteiger partial charge in [0.25, 0.3) is 0 Å². The molecule has 1 fully saturated rings. The molecule has 1 unspecified atom stereocenters. The zero-order valence-electron chi connectivity index (χ0n) is 12.5. The van der Waals surface area contributed by atoms with Crippen molar-refractivity contribution in [2.75, 3.05) is 6.54 Å². The van der Waals surface area contributed by atoms with Gasteiger partial charge in [0.05, 0.1) is 0 Å². The number of carbonyl (C=O) groups is 1. The molecule has 106 valence electrons. The van der Waals surface area contributed by atoms with Crippen molar-refractivity contribution in [3.63, 3.8) is 0 Å². The molecular weight excluding hydrogens is 224 g/mol. The van der Waals surface area contributed by atoms with E-state index < -0.39 is 0 Å². The first-order valence-corrected chi connectivity index (χ1v) is 7.58. The summed E-state index contributed by atoms with van der Waals surface area (Å²) in [5.74, 6) is 0.781. The van der Waals surface area contributed by atoms with Gasteiger partial charge in [-0.15, -0.1) is 0 Å². The van der Waals surface area contributed by atoms with Crippen molar-refractivity contribution in [2.45, 2.75) is 71.9 Å². The maximum absolute atomic E-state index is 12.0. The Labute approximate surface area is 112 Å². The molecule has 0 radical (unpaired) electrons. The lowest BCUT2D eigenvalue weighted by molar-refractivity contribution is -0.126. The summed E-state index contributed by atoms with van der Waals surface area (Å²) in [6, 6.07) is 1.07. The summed E-state index contributed by atoms with van der Waals surface area (Å²) >= 11 is 0. The van der Waals surface area contributed by atoms with Gasteiger partial charge >= 0.3 is 0 Å². The summed E-state index contributed by atoms with van der Waals surface area (Å²) in [5.41, 5.74) is 0. The number of rotatable bonds is 6. The van der Waals surface area contributed by atoms with Crippen molar-refractivity contribution >= 4 is 5.91 Å². The standard InChI is InChI=1S/C15H30N2O/c1-5-10-16-13-6-8-14(9-7-13)17-15(18)12(4)11(2)3/h11-14,16H,5-10H2,1-4H3,(H,17,18). The monoisotopic (exact) mass is 254 g/mol. The lowest BCUT2D eigenvalue weighted by Gasteiger charge is -2.30. The second-order valence-electron chi connectivity index (χ2n) is 6.04. The Balaban J connectivity index is 2.25. The summed E-state index contributed by atoms with van der Waals surface area (Å²) in [7, 11) is 0. The average molecular weight is 254 g/mol. The van der Waals surface area contributed by atoms with E-state index in [-0.39, 0.29) is 11.8 Å². The van der Waals surface area contributed by atoms with Gasteiger partial charge in [0.15, 0.2) is 0 Å². The molecule has 1 atom stereocenters. The van der Waals surface area contributed by atoms with Crippen molar-refractivity contribution in [1.82, 2.24) is 10.6 Å². The van der Waals surface area contributed by atoms with Crippen LogP contribution in [0.1, 0.15) is 59.8 Å². The summed E-state index contributed by atoms with van der Waals surface area (Å²) < 4.78 is 0. The third kappa shape index (κ3) is 4.97. The Morgan fingerprint density at radius 3 is 2.17 bits per heavy atom. The molecule has 3 heteroatoms. The molecular formula is C15H30N2O.